The first kappa shape index (κ1) is 8.69. The number of Topliss-reactive ketones (excluding diaryl/α,β-unsaturated/α-hetero) is 1. The zero-order chi connectivity index (χ0) is 10.1. The molecule has 0 aliphatic carbocycles. The van der Waals surface area contributed by atoms with Gasteiger partial charge >= 0.3 is 5.63 Å². The summed E-state index contributed by atoms with van der Waals surface area (Å²) in [5.74, 6) is -0.107. The largest absolute Gasteiger partial charge is 0.422 e. The summed E-state index contributed by atoms with van der Waals surface area (Å²) in [4.78, 5) is 22.2. The second-order valence-corrected chi connectivity index (χ2v) is 3.03. The molecule has 0 atom stereocenters. The molecule has 1 aromatic heterocycles. The Morgan fingerprint density at radius 3 is 2.71 bits per heavy atom. The van der Waals surface area contributed by atoms with E-state index in [0.29, 0.717) is 11.1 Å². The normalized spacial score (nSPS) is 10.4. The molecule has 3 nitrogen and oxygen atoms in total. The summed E-state index contributed by atoms with van der Waals surface area (Å²) in [7, 11) is 0. The van der Waals surface area contributed by atoms with Crippen LogP contribution >= 0.6 is 0 Å². The first-order valence-corrected chi connectivity index (χ1v) is 4.22. The van der Waals surface area contributed by atoms with Crippen molar-refractivity contribution >= 4 is 16.8 Å². The van der Waals surface area contributed by atoms with Gasteiger partial charge in [0.15, 0.2) is 5.78 Å². The third-order valence-electron chi connectivity index (χ3n) is 2.03. The lowest BCUT2D eigenvalue weighted by Gasteiger charge is -1.99. The zero-order valence-corrected chi connectivity index (χ0v) is 7.61. The Kier molecular flexibility index (Phi) is 1.93. The van der Waals surface area contributed by atoms with E-state index in [4.69, 9.17) is 4.42 Å². The molecule has 2 aromatic rings. The lowest BCUT2D eigenvalue weighted by atomic mass is 10.1. The summed E-state index contributed by atoms with van der Waals surface area (Å²) in [5.41, 5.74) is 0.374. The first-order valence-electron chi connectivity index (χ1n) is 4.22. The van der Waals surface area contributed by atoms with Crippen molar-refractivity contribution in [2.75, 3.05) is 0 Å². The van der Waals surface area contributed by atoms with E-state index in [2.05, 4.69) is 0 Å². The van der Waals surface area contributed by atoms with Crippen molar-refractivity contribution in [1.29, 1.82) is 0 Å². The van der Waals surface area contributed by atoms with Gasteiger partial charge in [-0.1, -0.05) is 12.1 Å². The molecule has 0 saturated carbocycles. The molecule has 0 aliphatic rings. The smallest absolute Gasteiger partial charge is 0.336 e. The highest BCUT2D eigenvalue weighted by molar-refractivity contribution is 6.04. The van der Waals surface area contributed by atoms with Gasteiger partial charge in [0.1, 0.15) is 5.58 Å². The fraction of sp³-hybridized carbons (Fsp3) is 0.0909. The standard InChI is InChI=1S/C11H8O3/c1-7(12)9-4-2-3-8-5-6-10(13)14-11(8)9/h2-6H,1H3. The number of ketones is 1. The molecule has 1 aromatic carbocycles. The van der Waals surface area contributed by atoms with Gasteiger partial charge < -0.3 is 4.42 Å². The van der Waals surface area contributed by atoms with E-state index >= 15 is 0 Å². The van der Waals surface area contributed by atoms with Crippen LogP contribution in [0.3, 0.4) is 0 Å². The summed E-state index contributed by atoms with van der Waals surface area (Å²) < 4.78 is 4.98. The van der Waals surface area contributed by atoms with Crippen molar-refractivity contribution in [3.05, 3.63) is 46.3 Å². The van der Waals surface area contributed by atoms with Gasteiger partial charge in [0, 0.05) is 11.5 Å². The molecule has 3 heteroatoms. The van der Waals surface area contributed by atoms with Gasteiger partial charge in [0.2, 0.25) is 0 Å². The molecule has 0 bridgehead atoms. The van der Waals surface area contributed by atoms with Crippen molar-refractivity contribution in [2.45, 2.75) is 6.92 Å². The van der Waals surface area contributed by atoms with E-state index in [0.717, 1.165) is 5.39 Å². The third kappa shape index (κ3) is 1.33. The van der Waals surface area contributed by atoms with Crippen LogP contribution in [-0.4, -0.2) is 5.78 Å². The summed E-state index contributed by atoms with van der Waals surface area (Å²) in [6.07, 6.45) is 0. The average Bonchev–Trinajstić information content (AvgIpc) is 2.16. The van der Waals surface area contributed by atoms with E-state index in [-0.39, 0.29) is 5.78 Å². The van der Waals surface area contributed by atoms with Crippen LogP contribution in [0.2, 0.25) is 0 Å². The minimum atomic E-state index is -0.439. The van der Waals surface area contributed by atoms with E-state index in [1.807, 2.05) is 0 Å². The topological polar surface area (TPSA) is 47.3 Å². The van der Waals surface area contributed by atoms with Crippen molar-refractivity contribution in [2.24, 2.45) is 0 Å². The predicted octanol–water partition coefficient (Wildman–Crippen LogP) is 2.00. The molecule has 1 heterocycles. The fourth-order valence-corrected chi connectivity index (χ4v) is 1.37. The Bertz CT molecular complexity index is 552. The molecule has 0 radical (unpaired) electrons. The maximum Gasteiger partial charge on any atom is 0.336 e. The molecule has 70 valence electrons. The van der Waals surface area contributed by atoms with E-state index in [1.165, 1.54) is 13.0 Å². The van der Waals surface area contributed by atoms with Gasteiger partial charge in [-0.3, -0.25) is 4.79 Å². The highest BCUT2D eigenvalue weighted by atomic mass is 16.4. The molecule has 0 spiro atoms. The number of benzene rings is 1. The van der Waals surface area contributed by atoms with Gasteiger partial charge in [0.05, 0.1) is 5.56 Å². The maximum atomic E-state index is 11.2. The third-order valence-corrected chi connectivity index (χ3v) is 2.03. The van der Waals surface area contributed by atoms with Crippen LogP contribution in [0, 0.1) is 0 Å². The van der Waals surface area contributed by atoms with E-state index in [1.54, 1.807) is 24.3 Å². The summed E-state index contributed by atoms with van der Waals surface area (Å²) in [6, 6.07) is 8.19. The molecule has 0 saturated heterocycles. The first-order chi connectivity index (χ1) is 6.68. The molecule has 14 heavy (non-hydrogen) atoms. The zero-order valence-electron chi connectivity index (χ0n) is 7.61. The Labute approximate surface area is 80.0 Å². The predicted molar refractivity (Wildman–Crippen MR) is 52.5 cm³/mol. The minimum Gasteiger partial charge on any atom is -0.422 e. The fourth-order valence-electron chi connectivity index (χ4n) is 1.37. The van der Waals surface area contributed by atoms with Crippen molar-refractivity contribution < 1.29 is 9.21 Å². The molecule has 0 amide bonds. The molecule has 2 rings (SSSR count). The molecular formula is C11H8O3. The summed E-state index contributed by atoms with van der Waals surface area (Å²) >= 11 is 0. The average molecular weight is 188 g/mol. The van der Waals surface area contributed by atoms with Crippen molar-refractivity contribution in [3.8, 4) is 0 Å². The van der Waals surface area contributed by atoms with Gasteiger partial charge in [-0.25, -0.2) is 4.79 Å². The quantitative estimate of drug-likeness (QED) is 0.508. The number of carbonyl (C=O) groups is 1. The van der Waals surface area contributed by atoms with Crippen LogP contribution in [0.25, 0.3) is 11.0 Å². The number of carbonyl (C=O) groups excluding carboxylic acids is 1. The lowest BCUT2D eigenvalue weighted by Crippen LogP contribution is -1.99. The number of fused-ring (bicyclic) bond motifs is 1. The Morgan fingerprint density at radius 2 is 2.00 bits per heavy atom. The van der Waals surface area contributed by atoms with Gasteiger partial charge in [-0.05, 0) is 19.1 Å². The second kappa shape index (κ2) is 3.10. The molecule has 0 fully saturated rings. The summed E-state index contributed by atoms with van der Waals surface area (Å²) in [5, 5.41) is 0.761. The van der Waals surface area contributed by atoms with Crippen molar-refractivity contribution in [1.82, 2.24) is 0 Å². The van der Waals surface area contributed by atoms with Crippen LogP contribution in [0.1, 0.15) is 17.3 Å². The highest BCUT2D eigenvalue weighted by Gasteiger charge is 2.07. The maximum absolute atomic E-state index is 11.2. The van der Waals surface area contributed by atoms with Crippen LogP contribution in [0.4, 0.5) is 0 Å². The second-order valence-electron chi connectivity index (χ2n) is 3.03. The van der Waals surface area contributed by atoms with Crippen LogP contribution in [-0.2, 0) is 0 Å². The molecular weight excluding hydrogens is 180 g/mol. The van der Waals surface area contributed by atoms with Gasteiger partial charge in [-0.2, -0.15) is 0 Å². The Morgan fingerprint density at radius 1 is 1.21 bits per heavy atom. The monoisotopic (exact) mass is 188 g/mol. The molecule has 0 aliphatic heterocycles. The van der Waals surface area contributed by atoms with Crippen LogP contribution in [0.15, 0.2) is 39.5 Å². The molecule has 0 N–H and O–H groups in total. The van der Waals surface area contributed by atoms with E-state index < -0.39 is 5.63 Å². The van der Waals surface area contributed by atoms with Crippen LogP contribution < -0.4 is 5.63 Å². The van der Waals surface area contributed by atoms with Crippen LogP contribution in [0.5, 0.6) is 0 Å². The number of para-hydroxylation sites is 1. The lowest BCUT2D eigenvalue weighted by molar-refractivity contribution is 0.101. The van der Waals surface area contributed by atoms with Gasteiger partial charge in [-0.15, -0.1) is 0 Å². The Balaban J connectivity index is 2.91. The number of hydrogen-bond donors (Lipinski definition) is 0. The van der Waals surface area contributed by atoms with Gasteiger partial charge in [0.25, 0.3) is 0 Å². The van der Waals surface area contributed by atoms with E-state index in [9.17, 15) is 9.59 Å². The molecule has 0 unspecified atom stereocenters. The number of rotatable bonds is 1. The Hall–Kier alpha value is -1.90. The van der Waals surface area contributed by atoms with Crippen molar-refractivity contribution in [3.63, 3.8) is 0 Å². The highest BCUT2D eigenvalue weighted by Crippen LogP contribution is 2.16. The minimum absolute atomic E-state index is 0.107. The SMILES string of the molecule is CC(=O)c1cccc2ccc(=O)oc12. The number of hydrogen-bond acceptors (Lipinski definition) is 3. The summed E-state index contributed by atoms with van der Waals surface area (Å²) in [6.45, 7) is 1.45.